The number of hydrogen-bond acceptors (Lipinski definition) is 3. The predicted octanol–water partition coefficient (Wildman–Crippen LogP) is 5.77. The monoisotopic (exact) mass is 429 g/mol. The number of hydrogen-bond donors (Lipinski definition) is 2. The summed E-state index contributed by atoms with van der Waals surface area (Å²) < 4.78 is 5.69. The van der Waals surface area contributed by atoms with E-state index < -0.39 is 24.2 Å². The fourth-order valence-corrected chi connectivity index (χ4v) is 4.27. The van der Waals surface area contributed by atoms with Gasteiger partial charge in [-0.05, 0) is 35.6 Å². The maximum atomic E-state index is 12.6. The van der Waals surface area contributed by atoms with Crippen molar-refractivity contribution in [3.05, 3.63) is 70.7 Å². The van der Waals surface area contributed by atoms with E-state index in [0.29, 0.717) is 23.8 Å². The summed E-state index contributed by atoms with van der Waals surface area (Å²) in [6.07, 6.45) is 5.10. The summed E-state index contributed by atoms with van der Waals surface area (Å²) in [6.45, 7) is 0. The molecule has 2 atom stereocenters. The normalized spacial score (nSPS) is 16.4. The fourth-order valence-electron chi connectivity index (χ4n) is 4.06. The minimum absolute atomic E-state index is 0.330. The van der Waals surface area contributed by atoms with E-state index in [0.717, 1.165) is 36.8 Å². The van der Waals surface area contributed by atoms with Gasteiger partial charge in [-0.3, -0.25) is 0 Å². The zero-order chi connectivity index (χ0) is 21.3. The first-order chi connectivity index (χ1) is 14.5. The zero-order valence-corrected chi connectivity index (χ0v) is 17.7. The van der Waals surface area contributed by atoms with Gasteiger partial charge in [-0.1, -0.05) is 86.2 Å². The number of carbonyl (C=O) groups is 2. The van der Waals surface area contributed by atoms with Crippen LogP contribution in [0.4, 0.5) is 4.79 Å². The van der Waals surface area contributed by atoms with E-state index in [-0.39, 0.29) is 0 Å². The Balaban J connectivity index is 1.67. The van der Waals surface area contributed by atoms with Crippen LogP contribution in [-0.4, -0.2) is 23.2 Å². The van der Waals surface area contributed by atoms with Gasteiger partial charge in [-0.15, -0.1) is 0 Å². The largest absolute Gasteiger partial charge is 0.480 e. The van der Waals surface area contributed by atoms with Crippen molar-refractivity contribution in [2.75, 3.05) is 0 Å². The highest BCUT2D eigenvalue weighted by molar-refractivity contribution is 6.30. The molecule has 3 rings (SSSR count). The lowest BCUT2D eigenvalue weighted by atomic mass is 9.85. The number of rotatable bonds is 8. The molecule has 1 saturated carbocycles. The van der Waals surface area contributed by atoms with E-state index in [1.54, 1.807) is 6.07 Å². The van der Waals surface area contributed by atoms with Crippen molar-refractivity contribution in [3.63, 3.8) is 0 Å². The van der Waals surface area contributed by atoms with Crippen LogP contribution in [0.1, 0.15) is 55.8 Å². The van der Waals surface area contributed by atoms with Crippen LogP contribution in [0.25, 0.3) is 0 Å². The molecule has 0 bridgehead atoms. The van der Waals surface area contributed by atoms with Crippen LogP contribution in [0, 0.1) is 5.92 Å². The molecule has 2 N–H and O–H groups in total. The molecule has 0 heterocycles. The molecule has 5 nitrogen and oxygen atoms in total. The number of alkyl carbamates (subject to hydrolysis) is 1. The quantitative estimate of drug-likeness (QED) is 0.558. The molecular weight excluding hydrogens is 402 g/mol. The van der Waals surface area contributed by atoms with Crippen LogP contribution in [0.5, 0.6) is 0 Å². The average Bonchev–Trinajstić information content (AvgIpc) is 2.74. The highest BCUT2D eigenvalue weighted by atomic mass is 35.5. The van der Waals surface area contributed by atoms with Crippen molar-refractivity contribution in [1.82, 2.24) is 5.32 Å². The summed E-state index contributed by atoms with van der Waals surface area (Å²) in [5, 5.41) is 12.8. The maximum Gasteiger partial charge on any atom is 0.408 e. The number of amides is 1. The number of halogens is 1. The third-order valence-corrected chi connectivity index (χ3v) is 5.85. The highest BCUT2D eigenvalue weighted by Gasteiger charge is 2.27. The van der Waals surface area contributed by atoms with Gasteiger partial charge in [0.1, 0.15) is 12.1 Å². The van der Waals surface area contributed by atoms with Gasteiger partial charge < -0.3 is 15.2 Å². The molecule has 2 aromatic carbocycles. The van der Waals surface area contributed by atoms with E-state index in [1.165, 1.54) is 6.42 Å². The third kappa shape index (κ3) is 6.77. The van der Waals surface area contributed by atoms with Gasteiger partial charge in [0, 0.05) is 11.4 Å². The first kappa shape index (κ1) is 22.2. The molecule has 160 valence electrons. The summed E-state index contributed by atoms with van der Waals surface area (Å²) in [5.41, 5.74) is 1.77. The maximum absolute atomic E-state index is 12.6. The van der Waals surface area contributed by atoms with E-state index >= 15 is 0 Å². The van der Waals surface area contributed by atoms with Gasteiger partial charge >= 0.3 is 12.1 Å². The lowest BCUT2D eigenvalue weighted by Gasteiger charge is -2.26. The molecule has 30 heavy (non-hydrogen) atoms. The molecular formula is C24H28ClNO4. The van der Waals surface area contributed by atoms with Crippen molar-refractivity contribution < 1.29 is 19.4 Å². The van der Waals surface area contributed by atoms with Crippen LogP contribution in [-0.2, 0) is 16.0 Å². The molecule has 1 aliphatic carbocycles. The average molecular weight is 430 g/mol. The van der Waals surface area contributed by atoms with E-state index in [9.17, 15) is 14.7 Å². The number of carboxylic acid groups (broad SMARTS) is 1. The van der Waals surface area contributed by atoms with E-state index in [2.05, 4.69) is 5.32 Å². The Bertz CT molecular complexity index is 836. The van der Waals surface area contributed by atoms with Crippen LogP contribution in [0.3, 0.4) is 0 Å². The van der Waals surface area contributed by atoms with Gasteiger partial charge in [0.2, 0.25) is 0 Å². The molecule has 0 spiro atoms. The molecule has 0 radical (unpaired) electrons. The summed E-state index contributed by atoms with van der Waals surface area (Å²) in [6, 6.07) is 15.9. The minimum Gasteiger partial charge on any atom is -0.480 e. The molecule has 0 aromatic heterocycles. The number of carboxylic acids is 1. The number of benzene rings is 2. The van der Waals surface area contributed by atoms with Gasteiger partial charge in [-0.2, -0.15) is 0 Å². The molecule has 2 aromatic rings. The van der Waals surface area contributed by atoms with Crippen molar-refractivity contribution in [1.29, 1.82) is 0 Å². The molecule has 0 aliphatic heterocycles. The van der Waals surface area contributed by atoms with Crippen LogP contribution < -0.4 is 5.32 Å². The van der Waals surface area contributed by atoms with E-state index in [1.807, 2.05) is 48.5 Å². The summed E-state index contributed by atoms with van der Waals surface area (Å²) in [5.74, 6) is -0.694. The Kier molecular flexibility index (Phi) is 8.14. The van der Waals surface area contributed by atoms with Crippen molar-refractivity contribution in [2.24, 2.45) is 5.92 Å². The summed E-state index contributed by atoms with van der Waals surface area (Å²) >= 11 is 6.09. The first-order valence-electron chi connectivity index (χ1n) is 10.5. The fraction of sp³-hybridized carbons (Fsp3) is 0.417. The second-order valence-corrected chi connectivity index (χ2v) is 8.35. The Morgan fingerprint density at radius 2 is 1.80 bits per heavy atom. The van der Waals surface area contributed by atoms with Crippen molar-refractivity contribution in [2.45, 2.75) is 57.1 Å². The minimum atomic E-state index is -1.02. The second kappa shape index (κ2) is 11.0. The van der Waals surface area contributed by atoms with Gasteiger partial charge in [0.25, 0.3) is 0 Å². The third-order valence-electron chi connectivity index (χ3n) is 5.61. The smallest absolute Gasteiger partial charge is 0.408 e. The Morgan fingerprint density at radius 1 is 1.07 bits per heavy atom. The van der Waals surface area contributed by atoms with Crippen LogP contribution >= 0.6 is 11.6 Å². The van der Waals surface area contributed by atoms with Gasteiger partial charge in [0.15, 0.2) is 0 Å². The lowest BCUT2D eigenvalue weighted by molar-refractivity contribution is -0.140. The number of carbonyl (C=O) groups excluding carboxylic acids is 1. The Hall–Kier alpha value is -2.53. The SMILES string of the molecule is O=C(N[C@@H](CC1CCCCC1)C(=O)O)OC(Cc1cccc(Cl)c1)c1ccccc1. The van der Waals surface area contributed by atoms with E-state index in [4.69, 9.17) is 16.3 Å². The Morgan fingerprint density at radius 3 is 2.47 bits per heavy atom. The van der Waals surface area contributed by atoms with Gasteiger partial charge in [0.05, 0.1) is 0 Å². The summed E-state index contributed by atoms with van der Waals surface area (Å²) in [7, 11) is 0. The van der Waals surface area contributed by atoms with Gasteiger partial charge in [-0.25, -0.2) is 9.59 Å². The number of aliphatic carboxylic acids is 1. The standard InChI is InChI=1S/C24H28ClNO4/c25-20-13-7-10-18(14-20)16-22(19-11-5-2-6-12-19)30-24(29)26-21(23(27)28)15-17-8-3-1-4-9-17/h2,5-7,10-14,17,21-22H,1,3-4,8-9,15-16H2,(H,26,29)(H,27,28)/t21-,22?/m0/s1. The van der Waals surface area contributed by atoms with Crippen LogP contribution in [0.2, 0.25) is 5.02 Å². The number of nitrogens with one attached hydrogen (secondary N) is 1. The molecule has 1 aliphatic rings. The zero-order valence-electron chi connectivity index (χ0n) is 16.9. The second-order valence-electron chi connectivity index (χ2n) is 7.91. The highest BCUT2D eigenvalue weighted by Crippen LogP contribution is 2.28. The molecule has 0 saturated heterocycles. The molecule has 6 heteroatoms. The molecule has 1 fully saturated rings. The first-order valence-corrected chi connectivity index (χ1v) is 10.9. The van der Waals surface area contributed by atoms with Crippen molar-refractivity contribution in [3.8, 4) is 0 Å². The summed E-state index contributed by atoms with van der Waals surface area (Å²) in [4.78, 5) is 24.3. The molecule has 1 amide bonds. The predicted molar refractivity (Wildman–Crippen MR) is 117 cm³/mol. The van der Waals surface area contributed by atoms with Crippen molar-refractivity contribution >= 4 is 23.7 Å². The number of ether oxygens (including phenoxy) is 1. The Labute approximate surface area is 182 Å². The lowest BCUT2D eigenvalue weighted by Crippen LogP contribution is -2.43. The topological polar surface area (TPSA) is 75.6 Å². The molecule has 1 unspecified atom stereocenters. The van der Waals surface area contributed by atoms with Crippen LogP contribution in [0.15, 0.2) is 54.6 Å².